The van der Waals surface area contributed by atoms with E-state index >= 15 is 0 Å². The molecule has 5 heteroatoms. The normalized spacial score (nSPS) is 10.5. The van der Waals surface area contributed by atoms with Gasteiger partial charge in [0.2, 0.25) is 5.88 Å². The first-order chi connectivity index (χ1) is 9.10. The van der Waals surface area contributed by atoms with Crippen molar-refractivity contribution in [3.05, 3.63) is 51.1 Å². The van der Waals surface area contributed by atoms with Gasteiger partial charge in [-0.25, -0.2) is 4.98 Å². The van der Waals surface area contributed by atoms with Crippen LogP contribution in [0, 0.1) is 6.92 Å². The minimum atomic E-state index is 0.559. The van der Waals surface area contributed by atoms with Gasteiger partial charge in [-0.2, -0.15) is 0 Å². The summed E-state index contributed by atoms with van der Waals surface area (Å²) < 4.78 is 6.72. The molecule has 2 rings (SSSR count). The second kappa shape index (κ2) is 6.37. The fourth-order valence-corrected chi connectivity index (χ4v) is 2.32. The number of hydrogen-bond donors (Lipinski definition) is 1. The van der Waals surface area contributed by atoms with Crippen LogP contribution in [0.2, 0.25) is 5.02 Å². The van der Waals surface area contributed by atoms with E-state index in [1.54, 1.807) is 6.20 Å². The Morgan fingerprint density at radius 2 is 2.16 bits per heavy atom. The van der Waals surface area contributed by atoms with Crippen molar-refractivity contribution in [3.8, 4) is 11.6 Å². The molecular formula is C14H14BrClN2O. The quantitative estimate of drug-likeness (QED) is 0.899. The highest BCUT2D eigenvalue weighted by Gasteiger charge is 2.09. The van der Waals surface area contributed by atoms with Crippen LogP contribution in [0.4, 0.5) is 0 Å². The van der Waals surface area contributed by atoms with E-state index in [0.717, 1.165) is 15.6 Å². The van der Waals surface area contributed by atoms with Gasteiger partial charge >= 0.3 is 0 Å². The molecule has 1 heterocycles. The van der Waals surface area contributed by atoms with Gasteiger partial charge in [0.15, 0.2) is 0 Å². The van der Waals surface area contributed by atoms with E-state index < -0.39 is 0 Å². The molecule has 2 aromatic rings. The first kappa shape index (κ1) is 14.3. The van der Waals surface area contributed by atoms with Crippen molar-refractivity contribution in [1.82, 2.24) is 10.3 Å². The van der Waals surface area contributed by atoms with Gasteiger partial charge in [-0.3, -0.25) is 0 Å². The lowest BCUT2D eigenvalue weighted by Crippen LogP contribution is -2.07. The van der Waals surface area contributed by atoms with Crippen LogP contribution in [0.5, 0.6) is 11.6 Å². The Labute approximate surface area is 126 Å². The van der Waals surface area contributed by atoms with Crippen LogP contribution >= 0.6 is 27.5 Å². The van der Waals surface area contributed by atoms with E-state index in [2.05, 4.69) is 26.2 Å². The van der Waals surface area contributed by atoms with Crippen molar-refractivity contribution in [1.29, 1.82) is 0 Å². The Morgan fingerprint density at radius 1 is 1.37 bits per heavy atom. The summed E-state index contributed by atoms with van der Waals surface area (Å²) in [7, 11) is 1.88. The smallest absolute Gasteiger partial charge is 0.223 e. The van der Waals surface area contributed by atoms with Gasteiger partial charge in [0.25, 0.3) is 0 Å². The van der Waals surface area contributed by atoms with Crippen molar-refractivity contribution < 1.29 is 4.74 Å². The summed E-state index contributed by atoms with van der Waals surface area (Å²) in [6.45, 7) is 2.66. The molecule has 0 spiro atoms. The molecule has 1 N–H and O–H groups in total. The molecule has 0 fully saturated rings. The fourth-order valence-electron chi connectivity index (χ4n) is 1.67. The molecule has 0 saturated carbocycles. The molecule has 0 saturated heterocycles. The Balaban J connectivity index is 2.32. The zero-order chi connectivity index (χ0) is 13.8. The summed E-state index contributed by atoms with van der Waals surface area (Å²) >= 11 is 9.57. The average molecular weight is 342 g/mol. The maximum Gasteiger partial charge on any atom is 0.223 e. The minimum Gasteiger partial charge on any atom is -0.437 e. The standard InChI is InChI=1S/C14H14BrClN2O/c1-9-3-4-13(12(16)5-9)19-14-10(7-17-2)6-11(15)8-18-14/h3-6,8,17H,7H2,1-2H3. The number of ether oxygens (including phenoxy) is 1. The molecule has 1 aromatic carbocycles. The van der Waals surface area contributed by atoms with Gasteiger partial charge in [-0.05, 0) is 53.7 Å². The molecule has 0 atom stereocenters. The molecule has 0 aliphatic heterocycles. The second-order valence-electron chi connectivity index (χ2n) is 4.18. The van der Waals surface area contributed by atoms with E-state index in [0.29, 0.717) is 23.2 Å². The first-order valence-electron chi connectivity index (χ1n) is 5.83. The Bertz CT molecular complexity index is 590. The van der Waals surface area contributed by atoms with Crippen LogP contribution in [0.25, 0.3) is 0 Å². The van der Waals surface area contributed by atoms with Gasteiger partial charge < -0.3 is 10.1 Å². The van der Waals surface area contributed by atoms with Gasteiger partial charge in [-0.15, -0.1) is 0 Å². The van der Waals surface area contributed by atoms with E-state index in [4.69, 9.17) is 16.3 Å². The molecule has 100 valence electrons. The van der Waals surface area contributed by atoms with Crippen molar-refractivity contribution >= 4 is 27.5 Å². The summed E-state index contributed by atoms with van der Waals surface area (Å²) in [5, 5.41) is 3.67. The van der Waals surface area contributed by atoms with Crippen LogP contribution in [0.3, 0.4) is 0 Å². The zero-order valence-corrected chi connectivity index (χ0v) is 13.0. The topological polar surface area (TPSA) is 34.2 Å². The molecule has 1 aromatic heterocycles. The highest BCUT2D eigenvalue weighted by atomic mass is 79.9. The Hall–Kier alpha value is -1.10. The van der Waals surface area contributed by atoms with Gasteiger partial charge in [0.05, 0.1) is 5.02 Å². The first-order valence-corrected chi connectivity index (χ1v) is 7.00. The van der Waals surface area contributed by atoms with Crippen molar-refractivity contribution in [2.24, 2.45) is 0 Å². The van der Waals surface area contributed by atoms with Gasteiger partial charge in [-0.1, -0.05) is 17.7 Å². The number of benzene rings is 1. The number of hydrogen-bond acceptors (Lipinski definition) is 3. The molecule has 19 heavy (non-hydrogen) atoms. The molecule has 0 aliphatic carbocycles. The largest absolute Gasteiger partial charge is 0.437 e. The molecule has 3 nitrogen and oxygen atoms in total. The maximum absolute atomic E-state index is 6.16. The van der Waals surface area contributed by atoms with E-state index in [1.807, 2.05) is 38.2 Å². The number of nitrogens with one attached hydrogen (secondary N) is 1. The molecule has 0 bridgehead atoms. The van der Waals surface area contributed by atoms with Crippen molar-refractivity contribution in [2.75, 3.05) is 7.05 Å². The van der Waals surface area contributed by atoms with Gasteiger partial charge in [0.1, 0.15) is 5.75 Å². The lowest BCUT2D eigenvalue weighted by molar-refractivity contribution is 0.454. The average Bonchev–Trinajstić information content (AvgIpc) is 2.36. The highest BCUT2D eigenvalue weighted by molar-refractivity contribution is 9.10. The number of nitrogens with zero attached hydrogens (tertiary/aromatic N) is 1. The summed E-state index contributed by atoms with van der Waals surface area (Å²) in [6, 6.07) is 7.65. The van der Waals surface area contributed by atoms with E-state index in [1.165, 1.54) is 0 Å². The van der Waals surface area contributed by atoms with Crippen LogP contribution in [0.15, 0.2) is 34.9 Å². The number of pyridine rings is 1. The van der Waals surface area contributed by atoms with Crippen LogP contribution in [-0.2, 0) is 6.54 Å². The Morgan fingerprint density at radius 3 is 2.84 bits per heavy atom. The minimum absolute atomic E-state index is 0.559. The van der Waals surface area contributed by atoms with Crippen molar-refractivity contribution in [2.45, 2.75) is 13.5 Å². The van der Waals surface area contributed by atoms with E-state index in [-0.39, 0.29) is 0 Å². The number of halogens is 2. The van der Waals surface area contributed by atoms with E-state index in [9.17, 15) is 0 Å². The van der Waals surface area contributed by atoms with Crippen LogP contribution < -0.4 is 10.1 Å². The third kappa shape index (κ3) is 3.69. The molecular weight excluding hydrogens is 328 g/mol. The number of rotatable bonds is 4. The van der Waals surface area contributed by atoms with Crippen LogP contribution in [-0.4, -0.2) is 12.0 Å². The Kier molecular flexibility index (Phi) is 4.80. The van der Waals surface area contributed by atoms with Crippen molar-refractivity contribution in [3.63, 3.8) is 0 Å². The third-order valence-corrected chi connectivity index (χ3v) is 3.28. The summed E-state index contributed by atoms with van der Waals surface area (Å²) in [6.07, 6.45) is 1.70. The zero-order valence-electron chi connectivity index (χ0n) is 10.7. The summed E-state index contributed by atoms with van der Waals surface area (Å²) in [4.78, 5) is 4.29. The fraction of sp³-hybridized carbons (Fsp3) is 0.214. The SMILES string of the molecule is CNCc1cc(Br)cnc1Oc1ccc(C)cc1Cl. The lowest BCUT2D eigenvalue weighted by atomic mass is 10.2. The lowest BCUT2D eigenvalue weighted by Gasteiger charge is -2.11. The van der Waals surface area contributed by atoms with Crippen LogP contribution in [0.1, 0.15) is 11.1 Å². The highest BCUT2D eigenvalue weighted by Crippen LogP contribution is 2.31. The monoisotopic (exact) mass is 340 g/mol. The number of aromatic nitrogens is 1. The predicted molar refractivity (Wildman–Crippen MR) is 81.0 cm³/mol. The maximum atomic E-state index is 6.16. The molecule has 0 aliphatic rings. The van der Waals surface area contributed by atoms with Gasteiger partial charge in [0, 0.05) is 22.8 Å². The molecule has 0 unspecified atom stereocenters. The summed E-state index contributed by atoms with van der Waals surface area (Å²) in [5.41, 5.74) is 2.06. The number of aryl methyl sites for hydroxylation is 1. The second-order valence-corrected chi connectivity index (χ2v) is 5.51. The predicted octanol–water partition coefficient (Wildman–Crippen LogP) is 4.32. The molecule has 0 radical (unpaired) electrons. The molecule has 0 amide bonds. The third-order valence-electron chi connectivity index (χ3n) is 2.55. The summed E-state index contributed by atoms with van der Waals surface area (Å²) in [5.74, 6) is 1.17.